The van der Waals surface area contributed by atoms with Crippen LogP contribution in [0.1, 0.15) is 11.1 Å². The van der Waals surface area contributed by atoms with E-state index in [1.165, 1.54) is 10.2 Å². The molecule has 0 radical (unpaired) electrons. The molecule has 0 spiro atoms. The van der Waals surface area contributed by atoms with Crippen LogP contribution in [0.25, 0.3) is 0 Å². The zero-order valence-electron chi connectivity index (χ0n) is 10.5. The monoisotopic (exact) mass is 244 g/mol. The molecule has 5 nitrogen and oxygen atoms in total. The Hall–Kier alpha value is -2.30. The van der Waals surface area contributed by atoms with Crippen LogP contribution in [-0.2, 0) is 11.3 Å². The molecule has 1 aromatic heterocycles. The highest BCUT2D eigenvalue weighted by molar-refractivity contribution is 5.91. The Labute approximate surface area is 106 Å². The molecular weight excluding hydrogens is 228 g/mol. The Kier molecular flexibility index (Phi) is 3.32. The van der Waals surface area contributed by atoms with Crippen molar-refractivity contribution in [1.82, 2.24) is 9.78 Å². The molecule has 0 aliphatic rings. The molecule has 2 rings (SSSR count). The van der Waals surface area contributed by atoms with Gasteiger partial charge < -0.3 is 11.1 Å². The molecule has 3 N–H and O–H groups in total. The number of hydrogen-bond acceptors (Lipinski definition) is 3. The fraction of sp³-hybridized carbons (Fsp3) is 0.231. The normalized spacial score (nSPS) is 10.3. The van der Waals surface area contributed by atoms with Crippen molar-refractivity contribution in [2.45, 2.75) is 20.4 Å². The van der Waals surface area contributed by atoms with Crippen LogP contribution in [-0.4, -0.2) is 15.7 Å². The van der Waals surface area contributed by atoms with Crippen LogP contribution in [0, 0.1) is 13.8 Å². The first-order valence-corrected chi connectivity index (χ1v) is 5.70. The molecule has 0 aliphatic heterocycles. The molecule has 0 saturated carbocycles. The summed E-state index contributed by atoms with van der Waals surface area (Å²) in [6.45, 7) is 4.14. The van der Waals surface area contributed by atoms with Crippen LogP contribution < -0.4 is 11.1 Å². The highest BCUT2D eigenvalue weighted by Gasteiger charge is 2.06. The van der Waals surface area contributed by atoms with Crippen LogP contribution in [0.15, 0.2) is 30.5 Å². The Morgan fingerprint density at radius 1 is 1.39 bits per heavy atom. The SMILES string of the molecule is Cc1ccc(NC(=O)Cn2ccc(N)n2)c(C)c1. The number of carbonyl (C=O) groups excluding carboxylic acids is 1. The summed E-state index contributed by atoms with van der Waals surface area (Å²) in [4.78, 5) is 11.8. The van der Waals surface area contributed by atoms with E-state index in [1.54, 1.807) is 12.3 Å². The van der Waals surface area contributed by atoms with E-state index in [0.717, 1.165) is 11.3 Å². The van der Waals surface area contributed by atoms with Crippen LogP contribution in [0.2, 0.25) is 0 Å². The molecule has 0 saturated heterocycles. The summed E-state index contributed by atoms with van der Waals surface area (Å²) in [6.07, 6.45) is 1.68. The third-order valence-corrected chi connectivity index (χ3v) is 2.62. The highest BCUT2D eigenvalue weighted by atomic mass is 16.2. The van der Waals surface area contributed by atoms with Crippen molar-refractivity contribution in [1.29, 1.82) is 0 Å². The molecule has 0 atom stereocenters. The lowest BCUT2D eigenvalue weighted by Gasteiger charge is -2.09. The molecule has 1 heterocycles. The van der Waals surface area contributed by atoms with Crippen molar-refractivity contribution in [2.75, 3.05) is 11.1 Å². The van der Waals surface area contributed by atoms with E-state index in [1.807, 2.05) is 32.0 Å². The summed E-state index contributed by atoms with van der Waals surface area (Å²) < 4.78 is 1.51. The van der Waals surface area contributed by atoms with Crippen molar-refractivity contribution >= 4 is 17.4 Å². The fourth-order valence-electron chi connectivity index (χ4n) is 1.76. The number of aryl methyl sites for hydroxylation is 2. The first-order chi connectivity index (χ1) is 8.54. The molecule has 1 amide bonds. The van der Waals surface area contributed by atoms with Crippen LogP contribution in [0.4, 0.5) is 11.5 Å². The van der Waals surface area contributed by atoms with Gasteiger partial charge in [0.15, 0.2) is 0 Å². The average molecular weight is 244 g/mol. The molecule has 2 aromatic rings. The predicted molar refractivity (Wildman–Crippen MR) is 71.2 cm³/mol. The van der Waals surface area contributed by atoms with Gasteiger partial charge in [-0.2, -0.15) is 5.10 Å². The molecule has 0 fully saturated rings. The second-order valence-corrected chi connectivity index (χ2v) is 4.30. The van der Waals surface area contributed by atoms with Gasteiger partial charge in [0.2, 0.25) is 5.91 Å². The van der Waals surface area contributed by atoms with Crippen LogP contribution in [0.5, 0.6) is 0 Å². The number of nitrogens with zero attached hydrogens (tertiary/aromatic N) is 2. The van der Waals surface area contributed by atoms with E-state index in [2.05, 4.69) is 10.4 Å². The molecule has 0 aliphatic carbocycles. The molecule has 5 heteroatoms. The van der Waals surface area contributed by atoms with Gasteiger partial charge in [-0.15, -0.1) is 0 Å². The maximum absolute atomic E-state index is 11.8. The van der Waals surface area contributed by atoms with Crippen LogP contribution >= 0.6 is 0 Å². The average Bonchev–Trinajstić information content (AvgIpc) is 2.68. The molecule has 0 unspecified atom stereocenters. The third-order valence-electron chi connectivity index (χ3n) is 2.62. The zero-order valence-corrected chi connectivity index (χ0v) is 10.5. The lowest BCUT2D eigenvalue weighted by atomic mass is 10.1. The standard InChI is InChI=1S/C13H16N4O/c1-9-3-4-11(10(2)7-9)15-13(18)8-17-6-5-12(14)16-17/h3-7H,8H2,1-2H3,(H2,14,16)(H,15,18). The minimum absolute atomic E-state index is 0.120. The third kappa shape index (κ3) is 2.88. The predicted octanol–water partition coefficient (Wildman–Crippen LogP) is 1.72. The van der Waals surface area contributed by atoms with E-state index in [4.69, 9.17) is 5.73 Å². The van der Waals surface area contributed by atoms with Gasteiger partial charge in [-0.25, -0.2) is 0 Å². The number of nitrogen functional groups attached to an aromatic ring is 1. The fourth-order valence-corrected chi connectivity index (χ4v) is 1.76. The number of carbonyl (C=O) groups is 1. The molecule has 1 aromatic carbocycles. The second kappa shape index (κ2) is 4.91. The topological polar surface area (TPSA) is 72.9 Å². The highest BCUT2D eigenvalue weighted by Crippen LogP contribution is 2.15. The number of nitrogens with two attached hydrogens (primary N) is 1. The summed E-state index contributed by atoms with van der Waals surface area (Å²) in [5.41, 5.74) is 8.53. The summed E-state index contributed by atoms with van der Waals surface area (Å²) in [5, 5.41) is 6.82. The first kappa shape index (κ1) is 12.2. The van der Waals surface area contributed by atoms with Crippen molar-refractivity contribution in [2.24, 2.45) is 0 Å². The van der Waals surface area contributed by atoms with E-state index in [-0.39, 0.29) is 12.5 Å². The molecule has 94 valence electrons. The summed E-state index contributed by atoms with van der Waals surface area (Å²) in [5.74, 6) is 0.291. The lowest BCUT2D eigenvalue weighted by Crippen LogP contribution is -2.19. The van der Waals surface area contributed by atoms with E-state index >= 15 is 0 Å². The Balaban J connectivity index is 2.03. The van der Waals surface area contributed by atoms with Gasteiger partial charge in [0.05, 0.1) is 0 Å². The van der Waals surface area contributed by atoms with Gasteiger partial charge in [0.25, 0.3) is 0 Å². The lowest BCUT2D eigenvalue weighted by molar-refractivity contribution is -0.116. The van der Waals surface area contributed by atoms with Crippen molar-refractivity contribution in [3.05, 3.63) is 41.6 Å². The minimum atomic E-state index is -0.120. The van der Waals surface area contributed by atoms with Gasteiger partial charge in [0, 0.05) is 11.9 Å². The molecule has 0 bridgehead atoms. The van der Waals surface area contributed by atoms with Gasteiger partial charge in [-0.3, -0.25) is 9.48 Å². The van der Waals surface area contributed by atoms with Crippen molar-refractivity contribution < 1.29 is 4.79 Å². The van der Waals surface area contributed by atoms with Crippen molar-refractivity contribution in [3.8, 4) is 0 Å². The van der Waals surface area contributed by atoms with Gasteiger partial charge in [0.1, 0.15) is 12.4 Å². The molecule has 18 heavy (non-hydrogen) atoms. The number of nitrogens with one attached hydrogen (secondary N) is 1. The minimum Gasteiger partial charge on any atom is -0.382 e. The maximum Gasteiger partial charge on any atom is 0.246 e. The zero-order chi connectivity index (χ0) is 13.1. The number of rotatable bonds is 3. The van der Waals surface area contributed by atoms with Gasteiger partial charge >= 0.3 is 0 Å². The first-order valence-electron chi connectivity index (χ1n) is 5.70. The second-order valence-electron chi connectivity index (χ2n) is 4.30. The van der Waals surface area contributed by atoms with Gasteiger partial charge in [-0.1, -0.05) is 17.7 Å². The number of amides is 1. The number of anilines is 2. The summed E-state index contributed by atoms with van der Waals surface area (Å²) in [6, 6.07) is 7.56. The van der Waals surface area contributed by atoms with E-state index in [9.17, 15) is 4.79 Å². The van der Waals surface area contributed by atoms with E-state index in [0.29, 0.717) is 5.82 Å². The van der Waals surface area contributed by atoms with Gasteiger partial charge in [-0.05, 0) is 31.5 Å². The van der Waals surface area contributed by atoms with Crippen molar-refractivity contribution in [3.63, 3.8) is 0 Å². The number of benzene rings is 1. The quantitative estimate of drug-likeness (QED) is 0.863. The molecular formula is C13H16N4O. The van der Waals surface area contributed by atoms with E-state index < -0.39 is 0 Å². The smallest absolute Gasteiger partial charge is 0.246 e. The Morgan fingerprint density at radius 2 is 2.17 bits per heavy atom. The largest absolute Gasteiger partial charge is 0.382 e. The number of aromatic nitrogens is 2. The summed E-state index contributed by atoms with van der Waals surface area (Å²) in [7, 11) is 0. The summed E-state index contributed by atoms with van der Waals surface area (Å²) >= 11 is 0. The Morgan fingerprint density at radius 3 is 2.78 bits per heavy atom. The Bertz CT molecular complexity index is 574. The maximum atomic E-state index is 11.8. The van der Waals surface area contributed by atoms with Crippen LogP contribution in [0.3, 0.4) is 0 Å². The number of hydrogen-bond donors (Lipinski definition) is 2.